The first-order chi connectivity index (χ1) is 9.38. The van der Waals surface area contributed by atoms with Crippen LogP contribution in [-0.4, -0.2) is 19.3 Å². The van der Waals surface area contributed by atoms with Crippen LogP contribution >= 0.6 is 11.3 Å². The van der Waals surface area contributed by atoms with Crippen LogP contribution < -0.4 is 10.0 Å². The predicted molar refractivity (Wildman–Crippen MR) is 73.6 cm³/mol. The number of aromatic nitrogens is 1. The maximum Gasteiger partial charge on any atom is 0.263 e. The summed E-state index contributed by atoms with van der Waals surface area (Å²) in [5, 5.41) is 4.06. The summed E-state index contributed by atoms with van der Waals surface area (Å²) in [6.07, 6.45) is 1.45. The van der Waals surface area contributed by atoms with E-state index in [0.717, 1.165) is 17.4 Å². The van der Waals surface area contributed by atoms with Gasteiger partial charge in [0, 0.05) is 18.5 Å². The van der Waals surface area contributed by atoms with Crippen molar-refractivity contribution in [1.29, 1.82) is 0 Å². The van der Waals surface area contributed by atoms with Crippen molar-refractivity contribution in [2.45, 2.75) is 11.8 Å². The van der Waals surface area contributed by atoms with E-state index in [9.17, 15) is 17.6 Å². The van der Waals surface area contributed by atoms with Crippen LogP contribution in [0, 0.1) is 5.82 Å². The zero-order valence-electron chi connectivity index (χ0n) is 10.3. The summed E-state index contributed by atoms with van der Waals surface area (Å²) in [6, 6.07) is 3.22. The lowest BCUT2D eigenvalue weighted by Gasteiger charge is -2.08. The van der Waals surface area contributed by atoms with E-state index < -0.39 is 21.7 Å². The zero-order valence-corrected chi connectivity index (χ0v) is 11.9. The van der Waals surface area contributed by atoms with E-state index >= 15 is 0 Å². The first-order valence-electron chi connectivity index (χ1n) is 5.38. The standard InChI is InChI=1S/C11H10FN3O3S2/c1-7(16)14-10-3-2-8(6-9(10)12)20(17,18)15-11-13-4-5-19-11/h2-6H,1H3,(H,13,15)(H,14,16). The lowest BCUT2D eigenvalue weighted by molar-refractivity contribution is -0.114. The molecule has 0 spiro atoms. The lowest BCUT2D eigenvalue weighted by atomic mass is 10.3. The Bertz CT molecular complexity index is 729. The van der Waals surface area contributed by atoms with Crippen molar-refractivity contribution in [3.63, 3.8) is 0 Å². The Morgan fingerprint density at radius 2 is 2.15 bits per heavy atom. The number of anilines is 2. The Kier molecular flexibility index (Phi) is 4.00. The molecule has 0 radical (unpaired) electrons. The van der Waals surface area contributed by atoms with Crippen LogP contribution in [-0.2, 0) is 14.8 Å². The second-order valence-electron chi connectivity index (χ2n) is 3.77. The van der Waals surface area contributed by atoms with E-state index in [4.69, 9.17) is 0 Å². The van der Waals surface area contributed by atoms with Crippen LogP contribution in [0.25, 0.3) is 0 Å². The molecule has 0 atom stereocenters. The number of amides is 1. The van der Waals surface area contributed by atoms with E-state index in [0.29, 0.717) is 0 Å². The molecule has 1 aromatic heterocycles. The molecule has 1 aromatic carbocycles. The number of benzene rings is 1. The Morgan fingerprint density at radius 1 is 1.40 bits per heavy atom. The molecule has 1 amide bonds. The fraction of sp³-hybridized carbons (Fsp3) is 0.0909. The van der Waals surface area contributed by atoms with E-state index in [1.54, 1.807) is 5.38 Å². The van der Waals surface area contributed by atoms with Gasteiger partial charge in [-0.05, 0) is 18.2 Å². The van der Waals surface area contributed by atoms with Crippen molar-refractivity contribution < 1.29 is 17.6 Å². The van der Waals surface area contributed by atoms with Crippen molar-refractivity contribution in [2.24, 2.45) is 0 Å². The summed E-state index contributed by atoms with van der Waals surface area (Å²) in [7, 11) is -3.91. The van der Waals surface area contributed by atoms with E-state index in [1.807, 2.05) is 0 Å². The number of nitrogens with one attached hydrogen (secondary N) is 2. The number of carbonyl (C=O) groups is 1. The molecule has 0 saturated heterocycles. The third-order valence-corrected chi connectivity index (χ3v) is 4.37. The highest BCUT2D eigenvalue weighted by molar-refractivity contribution is 7.93. The molecule has 2 N–H and O–H groups in total. The highest BCUT2D eigenvalue weighted by atomic mass is 32.2. The van der Waals surface area contributed by atoms with Gasteiger partial charge in [-0.2, -0.15) is 0 Å². The van der Waals surface area contributed by atoms with Crippen LogP contribution in [0.2, 0.25) is 0 Å². The van der Waals surface area contributed by atoms with Gasteiger partial charge in [0.1, 0.15) is 5.82 Å². The van der Waals surface area contributed by atoms with Crippen molar-refractivity contribution >= 4 is 38.1 Å². The van der Waals surface area contributed by atoms with Gasteiger partial charge in [-0.1, -0.05) is 0 Å². The Labute approximate surface area is 118 Å². The first-order valence-corrected chi connectivity index (χ1v) is 7.74. The van der Waals surface area contributed by atoms with Gasteiger partial charge in [-0.15, -0.1) is 11.3 Å². The number of rotatable bonds is 4. The van der Waals surface area contributed by atoms with Gasteiger partial charge in [0.05, 0.1) is 10.6 Å². The largest absolute Gasteiger partial charge is 0.324 e. The molecule has 0 unspecified atom stereocenters. The van der Waals surface area contributed by atoms with Gasteiger partial charge in [-0.3, -0.25) is 9.52 Å². The molecule has 0 fully saturated rings. The van der Waals surface area contributed by atoms with E-state index in [-0.39, 0.29) is 15.7 Å². The number of hydrogen-bond donors (Lipinski definition) is 2. The van der Waals surface area contributed by atoms with Crippen LogP contribution in [0.15, 0.2) is 34.7 Å². The molecule has 20 heavy (non-hydrogen) atoms. The summed E-state index contributed by atoms with van der Waals surface area (Å²) < 4.78 is 39.9. The van der Waals surface area contributed by atoms with Crippen LogP contribution in [0.4, 0.5) is 15.2 Å². The molecule has 0 aliphatic heterocycles. The number of sulfonamides is 1. The van der Waals surface area contributed by atoms with Gasteiger partial charge in [0.2, 0.25) is 5.91 Å². The molecule has 1 heterocycles. The predicted octanol–water partition coefficient (Wildman–Crippen LogP) is 2.04. The smallest absolute Gasteiger partial charge is 0.263 e. The second kappa shape index (κ2) is 5.55. The summed E-state index contributed by atoms with van der Waals surface area (Å²) in [5.41, 5.74) is -0.0781. The number of nitrogens with zero attached hydrogens (tertiary/aromatic N) is 1. The van der Waals surface area contributed by atoms with Crippen LogP contribution in [0.3, 0.4) is 0 Å². The summed E-state index contributed by atoms with van der Waals surface area (Å²) in [5.74, 6) is -1.28. The summed E-state index contributed by atoms with van der Waals surface area (Å²) in [4.78, 5) is 14.4. The number of thiazole rings is 1. The fourth-order valence-electron chi connectivity index (χ4n) is 1.40. The average molecular weight is 315 g/mol. The van der Waals surface area contributed by atoms with Crippen molar-refractivity contribution in [3.8, 4) is 0 Å². The third kappa shape index (κ3) is 3.31. The van der Waals surface area contributed by atoms with Crippen molar-refractivity contribution in [3.05, 3.63) is 35.6 Å². The van der Waals surface area contributed by atoms with E-state index in [2.05, 4.69) is 15.0 Å². The lowest BCUT2D eigenvalue weighted by Crippen LogP contribution is -2.14. The first kappa shape index (κ1) is 14.4. The maximum atomic E-state index is 13.7. The van der Waals surface area contributed by atoms with Gasteiger partial charge >= 0.3 is 0 Å². The van der Waals surface area contributed by atoms with Gasteiger partial charge in [0.15, 0.2) is 5.13 Å². The van der Waals surface area contributed by atoms with Gasteiger partial charge in [-0.25, -0.2) is 17.8 Å². The fourth-order valence-corrected chi connectivity index (χ4v) is 3.20. The highest BCUT2D eigenvalue weighted by Gasteiger charge is 2.17. The minimum absolute atomic E-state index is 0.0781. The minimum atomic E-state index is -3.91. The van der Waals surface area contributed by atoms with Crippen LogP contribution in [0.5, 0.6) is 0 Å². The zero-order chi connectivity index (χ0) is 14.8. The minimum Gasteiger partial charge on any atom is -0.324 e. The van der Waals surface area contributed by atoms with E-state index in [1.165, 1.54) is 25.3 Å². The maximum absolute atomic E-state index is 13.7. The highest BCUT2D eigenvalue weighted by Crippen LogP contribution is 2.22. The molecule has 0 aliphatic carbocycles. The number of hydrogen-bond acceptors (Lipinski definition) is 5. The summed E-state index contributed by atoms with van der Waals surface area (Å²) >= 11 is 1.11. The Morgan fingerprint density at radius 3 is 2.70 bits per heavy atom. The SMILES string of the molecule is CC(=O)Nc1ccc(S(=O)(=O)Nc2nccs2)cc1F. The molecule has 2 rings (SSSR count). The molecule has 2 aromatic rings. The molecule has 6 nitrogen and oxygen atoms in total. The normalized spacial score (nSPS) is 11.1. The molecular weight excluding hydrogens is 305 g/mol. The second-order valence-corrected chi connectivity index (χ2v) is 6.34. The Balaban J connectivity index is 2.29. The number of halogens is 1. The quantitative estimate of drug-likeness (QED) is 0.903. The van der Waals surface area contributed by atoms with Crippen molar-refractivity contribution in [1.82, 2.24) is 4.98 Å². The van der Waals surface area contributed by atoms with Crippen molar-refractivity contribution in [2.75, 3.05) is 10.0 Å². The molecule has 9 heteroatoms. The Hall–Kier alpha value is -2.00. The third-order valence-electron chi connectivity index (χ3n) is 2.22. The monoisotopic (exact) mass is 315 g/mol. The van der Waals surface area contributed by atoms with Gasteiger partial charge < -0.3 is 5.32 Å². The number of carbonyl (C=O) groups excluding carboxylic acids is 1. The molecule has 0 saturated carbocycles. The molecule has 0 bridgehead atoms. The molecular formula is C11H10FN3O3S2. The molecule has 106 valence electrons. The summed E-state index contributed by atoms with van der Waals surface area (Å²) in [6.45, 7) is 1.23. The van der Waals surface area contributed by atoms with Crippen LogP contribution in [0.1, 0.15) is 6.92 Å². The average Bonchev–Trinajstić information content (AvgIpc) is 2.83. The molecule has 0 aliphatic rings. The van der Waals surface area contributed by atoms with Gasteiger partial charge in [0.25, 0.3) is 10.0 Å². The topological polar surface area (TPSA) is 88.2 Å².